The maximum atomic E-state index is 12.4. The summed E-state index contributed by atoms with van der Waals surface area (Å²) < 4.78 is 5.95. The molecule has 0 radical (unpaired) electrons. The molecule has 2 amide bonds. The average molecular weight is 354 g/mol. The first-order valence-electron chi connectivity index (χ1n) is 8.97. The first-order chi connectivity index (χ1) is 12.6. The molecule has 0 aliphatic heterocycles. The zero-order valence-electron chi connectivity index (χ0n) is 15.5. The predicted octanol–water partition coefficient (Wildman–Crippen LogP) is 3.82. The van der Waals surface area contributed by atoms with Crippen LogP contribution in [0.5, 0.6) is 5.75 Å². The summed E-state index contributed by atoms with van der Waals surface area (Å²) in [6, 6.07) is 16.5. The van der Waals surface area contributed by atoms with E-state index in [2.05, 4.69) is 24.7 Å². The number of para-hydroxylation sites is 1. The zero-order chi connectivity index (χ0) is 18.9. The van der Waals surface area contributed by atoms with Gasteiger partial charge in [0, 0.05) is 5.56 Å². The number of ether oxygens (including phenoxy) is 1. The molecule has 2 unspecified atom stereocenters. The van der Waals surface area contributed by atoms with E-state index in [4.69, 9.17) is 4.74 Å². The Morgan fingerprint density at radius 2 is 1.58 bits per heavy atom. The lowest BCUT2D eigenvalue weighted by atomic mass is 9.98. The molecule has 0 saturated heterocycles. The van der Waals surface area contributed by atoms with Crippen LogP contribution in [-0.2, 0) is 4.79 Å². The van der Waals surface area contributed by atoms with Crippen molar-refractivity contribution in [3.8, 4) is 5.75 Å². The lowest BCUT2D eigenvalue weighted by Crippen LogP contribution is -2.48. The van der Waals surface area contributed by atoms with Gasteiger partial charge in [0.15, 0.2) is 6.10 Å². The lowest BCUT2D eigenvalue weighted by molar-refractivity contribution is -0.128. The number of hydrogen-bond donors (Lipinski definition) is 2. The van der Waals surface area contributed by atoms with Gasteiger partial charge in [-0.15, -0.1) is 0 Å². The van der Waals surface area contributed by atoms with Gasteiger partial charge in [-0.05, 0) is 42.5 Å². The molecule has 0 bridgehead atoms. The third-order valence-electron chi connectivity index (χ3n) is 4.33. The van der Waals surface area contributed by atoms with E-state index in [1.54, 1.807) is 24.3 Å². The monoisotopic (exact) mass is 354 g/mol. The first-order valence-corrected chi connectivity index (χ1v) is 8.97. The summed E-state index contributed by atoms with van der Waals surface area (Å²) in [4.78, 5) is 24.4. The predicted molar refractivity (Wildman–Crippen MR) is 102 cm³/mol. The molecule has 0 aliphatic carbocycles. The summed E-state index contributed by atoms with van der Waals surface area (Å²) >= 11 is 0. The highest BCUT2D eigenvalue weighted by molar-refractivity contribution is 5.95. The van der Waals surface area contributed by atoms with Crippen molar-refractivity contribution in [1.29, 1.82) is 0 Å². The van der Waals surface area contributed by atoms with Crippen LogP contribution < -0.4 is 15.6 Å². The zero-order valence-corrected chi connectivity index (χ0v) is 15.5. The molecule has 5 nitrogen and oxygen atoms in total. The van der Waals surface area contributed by atoms with E-state index in [1.807, 2.05) is 37.3 Å². The van der Waals surface area contributed by atoms with E-state index in [0.29, 0.717) is 23.7 Å². The summed E-state index contributed by atoms with van der Waals surface area (Å²) in [5.74, 6) is 0.298. The first kappa shape index (κ1) is 19.5. The van der Waals surface area contributed by atoms with Gasteiger partial charge in [-0.3, -0.25) is 20.4 Å². The third kappa shape index (κ3) is 5.09. The summed E-state index contributed by atoms with van der Waals surface area (Å²) in [5.41, 5.74) is 6.43. The topological polar surface area (TPSA) is 67.4 Å². The van der Waals surface area contributed by atoms with Crippen molar-refractivity contribution >= 4 is 11.8 Å². The molecule has 138 valence electrons. The Morgan fingerprint density at radius 3 is 2.23 bits per heavy atom. The van der Waals surface area contributed by atoms with Gasteiger partial charge in [-0.25, -0.2) is 0 Å². The van der Waals surface area contributed by atoms with E-state index in [-0.39, 0.29) is 11.8 Å². The van der Waals surface area contributed by atoms with Crippen molar-refractivity contribution in [2.75, 3.05) is 0 Å². The number of nitrogens with one attached hydrogen (secondary N) is 2. The minimum atomic E-state index is -0.684. The fraction of sp³-hybridized carbons (Fsp3) is 0.333. The Hall–Kier alpha value is -2.82. The normalized spacial score (nSPS) is 12.7. The van der Waals surface area contributed by atoms with Crippen molar-refractivity contribution < 1.29 is 14.3 Å². The standard InChI is InChI=1S/C21H26N2O3/c1-4-15(3)17-13-9-10-14-19(17)26-18(5-2)21(25)23-22-20(24)16-11-7-6-8-12-16/h6-15,18H,4-5H2,1-3H3,(H,22,24)(H,23,25). The Kier molecular flexibility index (Phi) is 7.21. The van der Waals surface area contributed by atoms with Gasteiger partial charge in [-0.1, -0.05) is 57.2 Å². The van der Waals surface area contributed by atoms with Crippen molar-refractivity contribution in [1.82, 2.24) is 10.9 Å². The number of rotatable bonds is 7. The molecule has 2 rings (SSSR count). The van der Waals surface area contributed by atoms with Crippen LogP contribution in [0.3, 0.4) is 0 Å². The molecular formula is C21H26N2O3. The van der Waals surface area contributed by atoms with Crippen LogP contribution in [0.2, 0.25) is 0 Å². The number of hydrazine groups is 1. The van der Waals surface area contributed by atoms with Gasteiger partial charge >= 0.3 is 0 Å². The highest BCUT2D eigenvalue weighted by Gasteiger charge is 2.21. The second kappa shape index (κ2) is 9.61. The van der Waals surface area contributed by atoms with Crippen LogP contribution in [-0.4, -0.2) is 17.9 Å². The van der Waals surface area contributed by atoms with Crippen LogP contribution in [0.4, 0.5) is 0 Å². The van der Waals surface area contributed by atoms with Crippen molar-refractivity contribution in [3.63, 3.8) is 0 Å². The Balaban J connectivity index is 2.00. The Bertz CT molecular complexity index is 731. The van der Waals surface area contributed by atoms with Crippen LogP contribution in [0, 0.1) is 0 Å². The largest absolute Gasteiger partial charge is 0.480 e. The van der Waals surface area contributed by atoms with E-state index < -0.39 is 6.10 Å². The van der Waals surface area contributed by atoms with Gasteiger partial charge in [0.25, 0.3) is 11.8 Å². The second-order valence-electron chi connectivity index (χ2n) is 6.17. The SMILES string of the molecule is CCC(Oc1ccccc1C(C)CC)C(=O)NNC(=O)c1ccccc1. The fourth-order valence-corrected chi connectivity index (χ4v) is 2.55. The van der Waals surface area contributed by atoms with Crippen molar-refractivity contribution in [3.05, 3.63) is 65.7 Å². The Labute approximate surface area is 154 Å². The van der Waals surface area contributed by atoms with Gasteiger partial charge in [0.1, 0.15) is 5.75 Å². The van der Waals surface area contributed by atoms with Crippen LogP contribution in [0.25, 0.3) is 0 Å². The molecule has 0 spiro atoms. The Morgan fingerprint density at radius 1 is 0.923 bits per heavy atom. The molecule has 5 heteroatoms. The number of carbonyl (C=O) groups is 2. The maximum absolute atomic E-state index is 12.4. The molecule has 2 aromatic rings. The minimum Gasteiger partial charge on any atom is -0.480 e. The fourth-order valence-electron chi connectivity index (χ4n) is 2.55. The smallest absolute Gasteiger partial charge is 0.279 e. The summed E-state index contributed by atoms with van der Waals surface area (Å²) in [5, 5.41) is 0. The highest BCUT2D eigenvalue weighted by atomic mass is 16.5. The quantitative estimate of drug-likeness (QED) is 0.743. The van der Waals surface area contributed by atoms with Gasteiger partial charge in [0.05, 0.1) is 0 Å². The molecule has 0 aliphatic rings. The number of hydrogen-bond acceptors (Lipinski definition) is 3. The lowest BCUT2D eigenvalue weighted by Gasteiger charge is -2.21. The highest BCUT2D eigenvalue weighted by Crippen LogP contribution is 2.29. The molecule has 0 fully saturated rings. The molecule has 0 aromatic heterocycles. The summed E-state index contributed by atoms with van der Waals surface area (Å²) in [6.07, 6.45) is 0.787. The number of carbonyl (C=O) groups excluding carboxylic acids is 2. The van der Waals surface area contributed by atoms with Crippen LogP contribution in [0.1, 0.15) is 55.5 Å². The van der Waals surface area contributed by atoms with Crippen molar-refractivity contribution in [2.45, 2.75) is 45.6 Å². The van der Waals surface area contributed by atoms with Gasteiger partial charge in [-0.2, -0.15) is 0 Å². The summed E-state index contributed by atoms with van der Waals surface area (Å²) in [6.45, 7) is 6.11. The van der Waals surface area contributed by atoms with E-state index in [0.717, 1.165) is 12.0 Å². The molecule has 2 aromatic carbocycles. The molecule has 2 N–H and O–H groups in total. The van der Waals surface area contributed by atoms with E-state index in [9.17, 15) is 9.59 Å². The van der Waals surface area contributed by atoms with E-state index >= 15 is 0 Å². The molecule has 0 heterocycles. The molecule has 2 atom stereocenters. The molecule has 26 heavy (non-hydrogen) atoms. The minimum absolute atomic E-state index is 0.338. The van der Waals surface area contributed by atoms with Crippen molar-refractivity contribution in [2.24, 2.45) is 0 Å². The summed E-state index contributed by atoms with van der Waals surface area (Å²) in [7, 11) is 0. The average Bonchev–Trinajstić information content (AvgIpc) is 2.70. The van der Waals surface area contributed by atoms with Gasteiger partial charge in [0.2, 0.25) is 0 Å². The van der Waals surface area contributed by atoms with Crippen LogP contribution in [0.15, 0.2) is 54.6 Å². The molecule has 0 saturated carbocycles. The number of benzene rings is 2. The van der Waals surface area contributed by atoms with Gasteiger partial charge < -0.3 is 4.74 Å². The molecular weight excluding hydrogens is 328 g/mol. The van der Waals surface area contributed by atoms with E-state index in [1.165, 1.54) is 0 Å². The maximum Gasteiger partial charge on any atom is 0.279 e. The second-order valence-corrected chi connectivity index (χ2v) is 6.17. The number of amides is 2. The van der Waals surface area contributed by atoms with Crippen LogP contribution >= 0.6 is 0 Å². The third-order valence-corrected chi connectivity index (χ3v) is 4.33.